The van der Waals surface area contributed by atoms with E-state index in [-0.39, 0.29) is 5.91 Å². The Balaban J connectivity index is 1.82. The largest absolute Gasteiger partial charge is 0.352 e. The molecular weight excluding hydrogens is 266 g/mol. The van der Waals surface area contributed by atoms with Crippen molar-refractivity contribution < 1.29 is 4.79 Å². The maximum atomic E-state index is 11.9. The smallest absolute Gasteiger partial charge is 0.222 e. The highest BCUT2D eigenvalue weighted by Gasteiger charge is 2.08. The van der Waals surface area contributed by atoms with Gasteiger partial charge in [0, 0.05) is 43.5 Å². The fourth-order valence-electron chi connectivity index (χ4n) is 2.29. The monoisotopic (exact) mass is 289 g/mol. The molecule has 0 bridgehead atoms. The number of hydrogen-bond acceptors (Lipinski definition) is 3. The molecule has 6 heteroatoms. The molecule has 0 radical (unpaired) electrons. The molecule has 0 unspecified atom stereocenters. The number of nitrogens with one attached hydrogen (secondary N) is 1. The summed E-state index contributed by atoms with van der Waals surface area (Å²) in [6, 6.07) is 2.01. The van der Waals surface area contributed by atoms with Gasteiger partial charge in [-0.1, -0.05) is 0 Å². The van der Waals surface area contributed by atoms with Crippen LogP contribution in [0.15, 0.2) is 12.3 Å². The van der Waals surface area contributed by atoms with Crippen molar-refractivity contribution in [2.45, 2.75) is 53.8 Å². The van der Waals surface area contributed by atoms with Gasteiger partial charge in [0.1, 0.15) is 0 Å². The fraction of sp³-hybridized carbons (Fsp3) is 0.533. The minimum absolute atomic E-state index is 0.0335. The van der Waals surface area contributed by atoms with E-state index in [0.717, 1.165) is 29.2 Å². The molecule has 0 aliphatic rings. The van der Waals surface area contributed by atoms with Crippen molar-refractivity contribution in [1.82, 2.24) is 24.9 Å². The molecule has 0 atom stereocenters. The Labute approximate surface area is 125 Å². The third kappa shape index (κ3) is 3.93. The summed E-state index contributed by atoms with van der Waals surface area (Å²) >= 11 is 0. The summed E-state index contributed by atoms with van der Waals surface area (Å²) in [4.78, 5) is 11.9. The van der Waals surface area contributed by atoms with E-state index in [0.29, 0.717) is 19.5 Å². The van der Waals surface area contributed by atoms with Crippen molar-refractivity contribution in [1.29, 1.82) is 0 Å². The van der Waals surface area contributed by atoms with Crippen LogP contribution in [-0.4, -0.2) is 25.5 Å². The lowest BCUT2D eigenvalue weighted by Crippen LogP contribution is -2.24. The molecule has 2 heterocycles. The first-order valence-corrected chi connectivity index (χ1v) is 7.30. The molecule has 6 nitrogen and oxygen atoms in total. The number of amides is 1. The zero-order valence-corrected chi connectivity index (χ0v) is 13.2. The topological polar surface area (TPSA) is 64.7 Å². The average molecular weight is 289 g/mol. The third-order valence-electron chi connectivity index (χ3n) is 3.50. The number of nitrogens with zero attached hydrogens (tertiary/aromatic N) is 4. The second kappa shape index (κ2) is 6.56. The quantitative estimate of drug-likeness (QED) is 0.881. The normalized spacial score (nSPS) is 10.9. The van der Waals surface area contributed by atoms with Crippen LogP contribution in [0.1, 0.15) is 36.0 Å². The summed E-state index contributed by atoms with van der Waals surface area (Å²) in [5.41, 5.74) is 4.10. The lowest BCUT2D eigenvalue weighted by molar-refractivity contribution is -0.121. The van der Waals surface area contributed by atoms with Gasteiger partial charge in [0.2, 0.25) is 5.91 Å². The van der Waals surface area contributed by atoms with E-state index >= 15 is 0 Å². The van der Waals surface area contributed by atoms with Gasteiger partial charge >= 0.3 is 0 Å². The highest BCUT2D eigenvalue weighted by molar-refractivity contribution is 5.75. The van der Waals surface area contributed by atoms with Gasteiger partial charge in [0.05, 0.1) is 11.4 Å². The number of carbonyl (C=O) groups excluding carboxylic acids is 1. The van der Waals surface area contributed by atoms with Crippen molar-refractivity contribution >= 4 is 5.91 Å². The Hall–Kier alpha value is -2.11. The molecular formula is C15H23N5O. The number of hydrogen-bond donors (Lipinski definition) is 1. The molecule has 2 aromatic rings. The Morgan fingerprint density at radius 3 is 2.62 bits per heavy atom. The first kappa shape index (κ1) is 15.3. The van der Waals surface area contributed by atoms with Gasteiger partial charge in [-0.2, -0.15) is 10.2 Å². The Morgan fingerprint density at radius 2 is 2.05 bits per heavy atom. The molecule has 0 saturated carbocycles. The highest BCUT2D eigenvalue weighted by Crippen LogP contribution is 2.06. The van der Waals surface area contributed by atoms with Gasteiger partial charge in [-0.3, -0.25) is 14.2 Å². The summed E-state index contributed by atoms with van der Waals surface area (Å²) in [5.74, 6) is 0.0335. The number of rotatable bonds is 6. The van der Waals surface area contributed by atoms with E-state index in [9.17, 15) is 4.79 Å². The van der Waals surface area contributed by atoms with Gasteiger partial charge < -0.3 is 5.32 Å². The fourth-order valence-corrected chi connectivity index (χ4v) is 2.29. The van der Waals surface area contributed by atoms with Gasteiger partial charge in [0.15, 0.2) is 0 Å². The zero-order valence-electron chi connectivity index (χ0n) is 13.2. The molecule has 0 aromatic carbocycles. The van der Waals surface area contributed by atoms with Crippen LogP contribution in [0.2, 0.25) is 0 Å². The van der Waals surface area contributed by atoms with Gasteiger partial charge in [-0.25, -0.2) is 0 Å². The summed E-state index contributed by atoms with van der Waals surface area (Å²) in [5, 5.41) is 11.7. The lowest BCUT2D eigenvalue weighted by atomic mass is 10.2. The van der Waals surface area contributed by atoms with Gasteiger partial charge in [-0.05, 0) is 33.8 Å². The molecule has 1 amide bonds. The number of aryl methyl sites for hydroxylation is 5. The van der Waals surface area contributed by atoms with Crippen LogP contribution >= 0.6 is 0 Å². The third-order valence-corrected chi connectivity index (χ3v) is 3.50. The number of aromatic nitrogens is 4. The maximum Gasteiger partial charge on any atom is 0.222 e. The minimum atomic E-state index is 0.0335. The van der Waals surface area contributed by atoms with Crippen LogP contribution in [0, 0.1) is 20.8 Å². The summed E-state index contributed by atoms with van der Waals surface area (Å²) in [7, 11) is 0. The lowest BCUT2D eigenvalue weighted by Gasteiger charge is -2.06. The van der Waals surface area contributed by atoms with Gasteiger partial charge in [0.25, 0.3) is 0 Å². The van der Waals surface area contributed by atoms with E-state index in [4.69, 9.17) is 0 Å². The maximum absolute atomic E-state index is 11.9. The van der Waals surface area contributed by atoms with Crippen LogP contribution in [0.4, 0.5) is 0 Å². The standard InChI is InChI=1S/C15H23N5O/c1-5-19-10-14(13(4)18-19)9-16-15(21)6-7-20-12(3)8-11(2)17-20/h8,10H,5-7,9H2,1-4H3,(H,16,21). The summed E-state index contributed by atoms with van der Waals surface area (Å²) in [6.07, 6.45) is 2.42. The zero-order chi connectivity index (χ0) is 15.4. The van der Waals surface area contributed by atoms with Crippen molar-refractivity contribution in [2.75, 3.05) is 0 Å². The second-order valence-electron chi connectivity index (χ2n) is 5.27. The molecule has 0 aliphatic heterocycles. The Kier molecular flexibility index (Phi) is 4.77. The highest BCUT2D eigenvalue weighted by atomic mass is 16.1. The first-order valence-electron chi connectivity index (χ1n) is 7.30. The van der Waals surface area contributed by atoms with Crippen LogP contribution < -0.4 is 5.32 Å². The molecule has 0 aliphatic carbocycles. The van der Waals surface area contributed by atoms with Crippen molar-refractivity contribution in [3.05, 3.63) is 34.9 Å². The number of carbonyl (C=O) groups is 1. The molecule has 2 aromatic heterocycles. The molecule has 0 fully saturated rings. The molecule has 0 saturated heterocycles. The van der Waals surface area contributed by atoms with Crippen molar-refractivity contribution in [3.8, 4) is 0 Å². The summed E-state index contributed by atoms with van der Waals surface area (Å²) in [6.45, 7) is 9.94. The average Bonchev–Trinajstić information content (AvgIpc) is 2.96. The second-order valence-corrected chi connectivity index (χ2v) is 5.27. The van der Waals surface area contributed by atoms with E-state index < -0.39 is 0 Å². The molecule has 21 heavy (non-hydrogen) atoms. The Morgan fingerprint density at radius 1 is 1.29 bits per heavy atom. The predicted molar refractivity (Wildman–Crippen MR) is 80.8 cm³/mol. The molecule has 2 rings (SSSR count). The minimum Gasteiger partial charge on any atom is -0.352 e. The Bertz CT molecular complexity index is 626. The SMILES string of the molecule is CCn1cc(CNC(=O)CCn2nc(C)cc2C)c(C)n1. The van der Waals surface area contributed by atoms with Crippen LogP contribution in [-0.2, 0) is 24.4 Å². The van der Waals surface area contributed by atoms with E-state index in [1.165, 1.54) is 0 Å². The molecule has 114 valence electrons. The summed E-state index contributed by atoms with van der Waals surface area (Å²) < 4.78 is 3.75. The predicted octanol–water partition coefficient (Wildman–Crippen LogP) is 1.73. The first-order chi connectivity index (χ1) is 9.99. The van der Waals surface area contributed by atoms with Crippen molar-refractivity contribution in [3.63, 3.8) is 0 Å². The van der Waals surface area contributed by atoms with E-state index in [1.54, 1.807) is 0 Å². The van der Waals surface area contributed by atoms with Crippen LogP contribution in [0.3, 0.4) is 0 Å². The van der Waals surface area contributed by atoms with Crippen LogP contribution in [0.25, 0.3) is 0 Å². The van der Waals surface area contributed by atoms with Gasteiger partial charge in [-0.15, -0.1) is 0 Å². The van der Waals surface area contributed by atoms with E-state index in [2.05, 4.69) is 15.5 Å². The molecule has 1 N–H and O–H groups in total. The van der Waals surface area contributed by atoms with Crippen molar-refractivity contribution in [2.24, 2.45) is 0 Å². The van der Waals surface area contributed by atoms with Crippen LogP contribution in [0.5, 0.6) is 0 Å². The van der Waals surface area contributed by atoms with E-state index in [1.807, 2.05) is 49.3 Å². The molecule has 0 spiro atoms.